The summed E-state index contributed by atoms with van der Waals surface area (Å²) >= 11 is 5.70. The highest BCUT2D eigenvalue weighted by molar-refractivity contribution is 6.30. The van der Waals surface area contributed by atoms with Crippen LogP contribution >= 0.6 is 11.6 Å². The van der Waals surface area contributed by atoms with Gasteiger partial charge in [-0.15, -0.1) is 0 Å². The van der Waals surface area contributed by atoms with Gasteiger partial charge in [0.2, 0.25) is 0 Å². The molecule has 1 saturated carbocycles. The first-order valence-corrected chi connectivity index (χ1v) is 4.17. The molecule has 0 aliphatic heterocycles. The van der Waals surface area contributed by atoms with Crippen LogP contribution in [0.5, 0.6) is 0 Å². The lowest BCUT2D eigenvalue weighted by Crippen LogP contribution is -2.05. The van der Waals surface area contributed by atoms with E-state index in [1.54, 1.807) is 10.8 Å². The van der Waals surface area contributed by atoms with Gasteiger partial charge in [0.05, 0.1) is 5.02 Å². The molecule has 64 valence electrons. The van der Waals surface area contributed by atoms with Crippen molar-refractivity contribution in [1.29, 1.82) is 0 Å². The molecular weight excluding hydrogens is 178 g/mol. The van der Waals surface area contributed by atoms with Gasteiger partial charge in [0.15, 0.2) is 0 Å². The third kappa shape index (κ3) is 1.20. The van der Waals surface area contributed by atoms with E-state index in [0.717, 1.165) is 12.8 Å². The van der Waals surface area contributed by atoms with Crippen molar-refractivity contribution >= 4 is 17.6 Å². The van der Waals surface area contributed by atoms with E-state index in [0.29, 0.717) is 16.8 Å². The molecule has 4 heteroatoms. The van der Waals surface area contributed by atoms with E-state index < -0.39 is 5.97 Å². The summed E-state index contributed by atoms with van der Waals surface area (Å²) in [4.78, 5) is 10.7. The summed E-state index contributed by atoms with van der Waals surface area (Å²) in [7, 11) is 0. The molecule has 1 aliphatic rings. The molecule has 1 aromatic rings. The van der Waals surface area contributed by atoms with Gasteiger partial charge in [0.25, 0.3) is 0 Å². The van der Waals surface area contributed by atoms with Gasteiger partial charge in [-0.25, -0.2) is 4.79 Å². The second-order valence-corrected chi connectivity index (χ2v) is 3.42. The average Bonchev–Trinajstić information content (AvgIpc) is 2.75. The largest absolute Gasteiger partial charge is 0.477 e. The number of aromatic nitrogens is 1. The number of carbonyl (C=O) groups is 1. The Kier molecular flexibility index (Phi) is 1.61. The molecule has 0 atom stereocenters. The zero-order valence-corrected chi connectivity index (χ0v) is 7.08. The van der Waals surface area contributed by atoms with Gasteiger partial charge in [0.1, 0.15) is 5.69 Å². The molecule has 2 rings (SSSR count). The summed E-state index contributed by atoms with van der Waals surface area (Å²) in [5.74, 6) is -0.909. The van der Waals surface area contributed by atoms with Gasteiger partial charge >= 0.3 is 5.97 Å². The van der Waals surface area contributed by atoms with E-state index in [-0.39, 0.29) is 0 Å². The van der Waals surface area contributed by atoms with Crippen molar-refractivity contribution in [3.05, 3.63) is 23.0 Å². The zero-order valence-electron chi connectivity index (χ0n) is 6.33. The predicted molar refractivity (Wildman–Crippen MR) is 44.7 cm³/mol. The Hall–Kier alpha value is -0.960. The fourth-order valence-corrected chi connectivity index (χ4v) is 1.48. The maximum absolute atomic E-state index is 10.7. The van der Waals surface area contributed by atoms with Gasteiger partial charge in [-0.1, -0.05) is 11.6 Å². The quantitative estimate of drug-likeness (QED) is 0.768. The van der Waals surface area contributed by atoms with Gasteiger partial charge < -0.3 is 9.67 Å². The minimum atomic E-state index is -0.909. The molecule has 0 bridgehead atoms. The van der Waals surface area contributed by atoms with Gasteiger partial charge in [-0.3, -0.25) is 0 Å². The lowest BCUT2D eigenvalue weighted by Gasteiger charge is -2.01. The lowest BCUT2D eigenvalue weighted by atomic mass is 10.4. The molecule has 0 radical (unpaired) electrons. The number of hydrogen-bond acceptors (Lipinski definition) is 1. The van der Waals surface area contributed by atoms with Crippen LogP contribution in [0.15, 0.2) is 12.3 Å². The molecule has 1 aromatic heterocycles. The number of rotatable bonds is 2. The van der Waals surface area contributed by atoms with Crippen molar-refractivity contribution < 1.29 is 9.90 Å². The molecule has 0 spiro atoms. The van der Waals surface area contributed by atoms with Crippen LogP contribution in [0.4, 0.5) is 0 Å². The molecule has 1 heterocycles. The summed E-state index contributed by atoms with van der Waals surface area (Å²) in [5.41, 5.74) is 0.294. The van der Waals surface area contributed by atoms with Crippen molar-refractivity contribution in [2.75, 3.05) is 0 Å². The van der Waals surface area contributed by atoms with Gasteiger partial charge in [-0.2, -0.15) is 0 Å². The normalized spacial score (nSPS) is 16.4. The number of hydrogen-bond donors (Lipinski definition) is 1. The molecule has 0 unspecified atom stereocenters. The van der Waals surface area contributed by atoms with Crippen LogP contribution in [0.2, 0.25) is 5.02 Å². The fourth-order valence-electron chi connectivity index (χ4n) is 1.27. The van der Waals surface area contributed by atoms with Crippen molar-refractivity contribution in [2.45, 2.75) is 18.9 Å². The average molecular weight is 186 g/mol. The summed E-state index contributed by atoms with van der Waals surface area (Å²) < 4.78 is 1.74. The minimum absolute atomic E-state index is 0.294. The maximum atomic E-state index is 10.7. The molecule has 0 saturated heterocycles. The molecule has 0 aromatic carbocycles. The van der Waals surface area contributed by atoms with Crippen LogP contribution in [0.1, 0.15) is 29.4 Å². The number of halogens is 1. The number of aromatic carboxylic acids is 1. The predicted octanol–water partition coefficient (Wildman–Crippen LogP) is 2.17. The Bertz CT molecular complexity index is 328. The smallest absolute Gasteiger partial charge is 0.352 e. The van der Waals surface area contributed by atoms with E-state index in [4.69, 9.17) is 16.7 Å². The van der Waals surface area contributed by atoms with Crippen LogP contribution in [-0.2, 0) is 0 Å². The summed E-state index contributed by atoms with van der Waals surface area (Å²) in [6.07, 6.45) is 3.80. The van der Waals surface area contributed by atoms with E-state index >= 15 is 0 Å². The van der Waals surface area contributed by atoms with E-state index in [9.17, 15) is 4.79 Å². The molecule has 1 fully saturated rings. The lowest BCUT2D eigenvalue weighted by molar-refractivity contribution is 0.0685. The highest BCUT2D eigenvalue weighted by Crippen LogP contribution is 2.37. The van der Waals surface area contributed by atoms with E-state index in [2.05, 4.69) is 0 Å². The van der Waals surface area contributed by atoms with Gasteiger partial charge in [-0.05, 0) is 18.9 Å². The molecule has 12 heavy (non-hydrogen) atoms. The first-order chi connectivity index (χ1) is 5.68. The Morgan fingerprint density at radius 1 is 1.67 bits per heavy atom. The minimum Gasteiger partial charge on any atom is -0.477 e. The molecule has 1 aliphatic carbocycles. The van der Waals surface area contributed by atoms with E-state index in [1.165, 1.54) is 6.07 Å². The van der Waals surface area contributed by atoms with E-state index in [1.807, 2.05) is 0 Å². The monoisotopic (exact) mass is 185 g/mol. The Morgan fingerprint density at radius 2 is 2.33 bits per heavy atom. The second kappa shape index (κ2) is 2.52. The number of carboxylic acid groups (broad SMARTS) is 1. The molecule has 3 nitrogen and oxygen atoms in total. The zero-order chi connectivity index (χ0) is 8.72. The van der Waals surface area contributed by atoms with Crippen LogP contribution in [0.3, 0.4) is 0 Å². The maximum Gasteiger partial charge on any atom is 0.352 e. The van der Waals surface area contributed by atoms with Gasteiger partial charge in [0, 0.05) is 12.2 Å². The Morgan fingerprint density at radius 3 is 2.83 bits per heavy atom. The van der Waals surface area contributed by atoms with Crippen molar-refractivity contribution in [2.24, 2.45) is 0 Å². The third-order valence-electron chi connectivity index (χ3n) is 1.97. The van der Waals surface area contributed by atoms with Crippen LogP contribution in [0, 0.1) is 0 Å². The molecule has 1 N–H and O–H groups in total. The Labute approximate surface area is 74.6 Å². The summed E-state index contributed by atoms with van der Waals surface area (Å²) in [6.45, 7) is 0. The number of carboxylic acids is 1. The Balaban J connectivity index is 2.43. The SMILES string of the molecule is O=C(O)c1cc(Cl)cn1C1CC1. The third-order valence-corrected chi connectivity index (χ3v) is 2.18. The first kappa shape index (κ1) is 7.68. The fraction of sp³-hybridized carbons (Fsp3) is 0.375. The first-order valence-electron chi connectivity index (χ1n) is 3.79. The highest BCUT2D eigenvalue weighted by Gasteiger charge is 2.27. The standard InChI is InChI=1S/C8H8ClNO2/c9-5-3-7(8(11)12)10(4-5)6-1-2-6/h3-4,6H,1-2H2,(H,11,12). The molecular formula is C8H8ClNO2. The van der Waals surface area contributed by atoms with Crippen LogP contribution < -0.4 is 0 Å². The topological polar surface area (TPSA) is 42.2 Å². The summed E-state index contributed by atoms with van der Waals surface area (Å²) in [6, 6.07) is 1.85. The van der Waals surface area contributed by atoms with Crippen molar-refractivity contribution in [3.63, 3.8) is 0 Å². The van der Waals surface area contributed by atoms with Crippen molar-refractivity contribution in [1.82, 2.24) is 4.57 Å². The number of nitrogens with zero attached hydrogens (tertiary/aromatic N) is 1. The highest BCUT2D eigenvalue weighted by atomic mass is 35.5. The second-order valence-electron chi connectivity index (χ2n) is 2.99. The summed E-state index contributed by atoms with van der Waals surface area (Å²) in [5, 5.41) is 9.28. The van der Waals surface area contributed by atoms with Crippen LogP contribution in [0.25, 0.3) is 0 Å². The van der Waals surface area contributed by atoms with Crippen LogP contribution in [-0.4, -0.2) is 15.6 Å². The van der Waals surface area contributed by atoms with Crippen molar-refractivity contribution in [3.8, 4) is 0 Å². The molecule has 0 amide bonds.